The Labute approximate surface area is 119 Å². The number of hydrogen-bond acceptors (Lipinski definition) is 3. The molecule has 18 heavy (non-hydrogen) atoms. The van der Waals surface area contributed by atoms with E-state index in [2.05, 4.69) is 39.1 Å². The van der Waals surface area contributed by atoms with Crippen molar-refractivity contribution in [3.8, 4) is 11.4 Å². The highest BCUT2D eigenvalue weighted by Gasteiger charge is 2.09. The molecule has 0 spiro atoms. The Morgan fingerprint density at radius 2 is 2.28 bits per heavy atom. The zero-order valence-corrected chi connectivity index (χ0v) is 12.6. The van der Waals surface area contributed by atoms with Gasteiger partial charge in [-0.25, -0.2) is 0 Å². The number of nitrogens with one attached hydrogen (secondary N) is 1. The van der Waals surface area contributed by atoms with Gasteiger partial charge in [0, 0.05) is 17.1 Å². The van der Waals surface area contributed by atoms with Crippen molar-refractivity contribution in [1.82, 2.24) is 14.8 Å². The minimum absolute atomic E-state index is 0.605. The predicted molar refractivity (Wildman–Crippen MR) is 77.2 cm³/mol. The van der Waals surface area contributed by atoms with Crippen molar-refractivity contribution < 1.29 is 4.74 Å². The van der Waals surface area contributed by atoms with Crippen LogP contribution in [0.25, 0.3) is 11.4 Å². The van der Waals surface area contributed by atoms with Crippen LogP contribution in [0, 0.1) is 11.7 Å². The van der Waals surface area contributed by atoms with Crippen molar-refractivity contribution in [2.45, 2.75) is 13.5 Å². The minimum atomic E-state index is 0.605. The first kappa shape index (κ1) is 13.5. The summed E-state index contributed by atoms with van der Waals surface area (Å²) >= 11 is 8.75. The van der Waals surface area contributed by atoms with E-state index in [9.17, 15) is 0 Å². The van der Waals surface area contributed by atoms with Gasteiger partial charge < -0.3 is 4.74 Å². The van der Waals surface area contributed by atoms with Crippen molar-refractivity contribution in [3.05, 3.63) is 33.0 Å². The molecule has 0 radical (unpaired) electrons. The first-order valence-corrected chi connectivity index (χ1v) is 6.74. The second kappa shape index (κ2) is 5.77. The Balaban J connectivity index is 2.43. The van der Waals surface area contributed by atoms with Crippen LogP contribution in [-0.4, -0.2) is 28.5 Å². The maximum absolute atomic E-state index is 5.22. The Kier molecular flexibility index (Phi) is 4.31. The molecule has 0 aliphatic heterocycles. The van der Waals surface area contributed by atoms with E-state index in [0.717, 1.165) is 15.9 Å². The summed E-state index contributed by atoms with van der Waals surface area (Å²) in [6.45, 7) is 3.34. The molecule has 2 aromatic rings. The van der Waals surface area contributed by atoms with Crippen LogP contribution in [0.3, 0.4) is 0 Å². The Hall–Kier alpha value is -0.980. The molecule has 2 rings (SSSR count). The Morgan fingerprint density at radius 1 is 1.50 bits per heavy atom. The molecule has 0 saturated carbocycles. The van der Waals surface area contributed by atoms with Gasteiger partial charge in [-0.05, 0) is 30.8 Å². The molecular weight excluding hydrogens is 314 g/mol. The monoisotopic (exact) mass is 327 g/mol. The number of rotatable bonds is 4. The van der Waals surface area contributed by atoms with Crippen LogP contribution in [0.4, 0.5) is 0 Å². The summed E-state index contributed by atoms with van der Waals surface area (Å²) in [6, 6.07) is 6.13. The number of nitrogens with zero attached hydrogens (tertiary/aromatic N) is 2. The molecule has 0 amide bonds. The van der Waals surface area contributed by atoms with Gasteiger partial charge in [-0.3, -0.25) is 9.67 Å². The van der Waals surface area contributed by atoms with Crippen LogP contribution in [-0.2, 0) is 11.3 Å². The molecule has 96 valence electrons. The number of aromatic amines is 1. The highest BCUT2D eigenvalue weighted by Crippen LogP contribution is 2.24. The molecule has 0 saturated heterocycles. The summed E-state index contributed by atoms with van der Waals surface area (Å²) in [4.78, 5) is 0. The number of aromatic nitrogens is 3. The van der Waals surface area contributed by atoms with E-state index < -0.39 is 0 Å². The second-order valence-electron chi connectivity index (χ2n) is 3.96. The third-order valence-electron chi connectivity index (χ3n) is 2.71. The van der Waals surface area contributed by atoms with Gasteiger partial charge in [0.15, 0.2) is 10.6 Å². The predicted octanol–water partition coefficient (Wildman–Crippen LogP) is 3.33. The average Bonchev–Trinajstić information content (AvgIpc) is 2.72. The van der Waals surface area contributed by atoms with Crippen LogP contribution < -0.4 is 0 Å². The molecule has 0 fully saturated rings. The Morgan fingerprint density at radius 3 is 2.94 bits per heavy atom. The standard InChI is InChI=1S/C12H14BrN3OS/c1-8-3-4-9(7-10(8)13)11-14-15-12(18)16(11)5-6-17-2/h3-4,7H,5-6H2,1-2H3,(H,15,18). The van der Waals surface area contributed by atoms with Crippen LogP contribution in [0.2, 0.25) is 0 Å². The lowest BCUT2D eigenvalue weighted by Crippen LogP contribution is -2.06. The van der Waals surface area contributed by atoms with E-state index >= 15 is 0 Å². The van der Waals surface area contributed by atoms with Crippen LogP contribution in [0.1, 0.15) is 5.56 Å². The van der Waals surface area contributed by atoms with Crippen molar-refractivity contribution in [3.63, 3.8) is 0 Å². The topological polar surface area (TPSA) is 42.8 Å². The maximum Gasteiger partial charge on any atom is 0.195 e. The van der Waals surface area contributed by atoms with Crippen LogP contribution in [0.15, 0.2) is 22.7 Å². The normalized spacial score (nSPS) is 10.8. The van der Waals surface area contributed by atoms with E-state index in [4.69, 9.17) is 17.0 Å². The smallest absolute Gasteiger partial charge is 0.195 e. The highest BCUT2D eigenvalue weighted by atomic mass is 79.9. The van der Waals surface area contributed by atoms with E-state index in [1.165, 1.54) is 5.56 Å². The fraction of sp³-hybridized carbons (Fsp3) is 0.333. The van der Waals surface area contributed by atoms with Crippen molar-refractivity contribution in [1.29, 1.82) is 0 Å². The fourth-order valence-electron chi connectivity index (χ4n) is 1.66. The first-order chi connectivity index (χ1) is 8.63. The molecule has 0 bridgehead atoms. The summed E-state index contributed by atoms with van der Waals surface area (Å²) in [5.41, 5.74) is 2.22. The van der Waals surface area contributed by atoms with Gasteiger partial charge in [-0.2, -0.15) is 5.10 Å². The number of ether oxygens (including phenoxy) is 1. The van der Waals surface area contributed by atoms with Crippen LogP contribution >= 0.6 is 28.1 Å². The zero-order valence-electron chi connectivity index (χ0n) is 10.2. The fourth-order valence-corrected chi connectivity index (χ4v) is 2.26. The number of halogens is 1. The number of benzene rings is 1. The molecule has 1 heterocycles. The van der Waals surface area contributed by atoms with Gasteiger partial charge in [0.1, 0.15) is 0 Å². The maximum atomic E-state index is 5.22. The Bertz CT molecular complexity index is 606. The molecule has 6 heteroatoms. The number of methoxy groups -OCH3 is 1. The van der Waals surface area contributed by atoms with E-state index in [0.29, 0.717) is 17.9 Å². The molecular formula is C12H14BrN3OS. The minimum Gasteiger partial charge on any atom is -0.383 e. The van der Waals surface area contributed by atoms with Crippen molar-refractivity contribution in [2.24, 2.45) is 0 Å². The van der Waals surface area contributed by atoms with Gasteiger partial charge in [-0.15, -0.1) is 0 Å². The third kappa shape index (κ3) is 2.71. The lowest BCUT2D eigenvalue weighted by Gasteiger charge is -2.07. The summed E-state index contributed by atoms with van der Waals surface area (Å²) < 4.78 is 8.70. The summed E-state index contributed by atoms with van der Waals surface area (Å²) in [5, 5.41) is 7.10. The lowest BCUT2D eigenvalue weighted by molar-refractivity contribution is 0.187. The molecule has 0 atom stereocenters. The van der Waals surface area contributed by atoms with Crippen LogP contribution in [0.5, 0.6) is 0 Å². The van der Waals surface area contributed by atoms with Gasteiger partial charge in [0.05, 0.1) is 13.2 Å². The summed E-state index contributed by atoms with van der Waals surface area (Å²) in [6.07, 6.45) is 0. The van der Waals surface area contributed by atoms with Gasteiger partial charge in [0.2, 0.25) is 0 Å². The summed E-state index contributed by atoms with van der Waals surface area (Å²) in [7, 11) is 1.67. The average molecular weight is 328 g/mol. The SMILES string of the molecule is COCCn1c(-c2ccc(C)c(Br)c2)n[nH]c1=S. The van der Waals surface area contributed by atoms with E-state index in [-0.39, 0.29) is 0 Å². The number of H-pyrrole nitrogens is 1. The van der Waals surface area contributed by atoms with Crippen molar-refractivity contribution in [2.75, 3.05) is 13.7 Å². The van der Waals surface area contributed by atoms with Crippen molar-refractivity contribution >= 4 is 28.1 Å². The molecule has 4 nitrogen and oxygen atoms in total. The second-order valence-corrected chi connectivity index (χ2v) is 5.20. The van der Waals surface area contributed by atoms with Gasteiger partial charge in [0.25, 0.3) is 0 Å². The molecule has 0 aliphatic carbocycles. The highest BCUT2D eigenvalue weighted by molar-refractivity contribution is 9.10. The summed E-state index contributed by atoms with van der Waals surface area (Å²) in [5.74, 6) is 0.831. The van der Waals surface area contributed by atoms with Gasteiger partial charge in [-0.1, -0.05) is 28.1 Å². The third-order valence-corrected chi connectivity index (χ3v) is 3.87. The molecule has 0 unspecified atom stereocenters. The lowest BCUT2D eigenvalue weighted by atomic mass is 10.1. The number of aryl methyl sites for hydroxylation is 1. The molecule has 1 aromatic heterocycles. The van der Waals surface area contributed by atoms with E-state index in [1.54, 1.807) is 7.11 Å². The molecule has 0 aliphatic rings. The van der Waals surface area contributed by atoms with E-state index in [1.807, 2.05) is 16.7 Å². The van der Waals surface area contributed by atoms with Gasteiger partial charge >= 0.3 is 0 Å². The first-order valence-electron chi connectivity index (χ1n) is 5.54. The number of hydrogen-bond donors (Lipinski definition) is 1. The quantitative estimate of drug-likeness (QED) is 0.876. The molecule has 1 N–H and O–H groups in total. The zero-order chi connectivity index (χ0) is 13.1. The largest absolute Gasteiger partial charge is 0.383 e. The molecule has 1 aromatic carbocycles.